The van der Waals surface area contributed by atoms with Crippen LogP contribution in [0.15, 0.2) is 30.9 Å². The number of carbonyl (C=O) groups is 2. The monoisotopic (exact) mass is 279 g/mol. The van der Waals surface area contributed by atoms with Gasteiger partial charge in [0.15, 0.2) is 0 Å². The predicted octanol–water partition coefficient (Wildman–Crippen LogP) is 2.34. The zero-order chi connectivity index (χ0) is 14.3. The van der Waals surface area contributed by atoms with E-state index in [0.29, 0.717) is 12.1 Å². The maximum Gasteiger partial charge on any atom is 0.335 e. The Balaban J connectivity index is 2.61. The number of thioether (sulfide) groups is 1. The molecule has 5 heteroatoms. The summed E-state index contributed by atoms with van der Waals surface area (Å²) in [5, 5.41) is 11.7. The van der Waals surface area contributed by atoms with E-state index in [4.69, 9.17) is 5.11 Å². The Morgan fingerprint density at radius 1 is 1.37 bits per heavy atom. The van der Waals surface area contributed by atoms with Crippen molar-refractivity contribution >= 4 is 23.6 Å². The van der Waals surface area contributed by atoms with Crippen molar-refractivity contribution in [2.24, 2.45) is 0 Å². The maximum absolute atomic E-state index is 11.9. The molecule has 0 aliphatic heterocycles. The quantitative estimate of drug-likeness (QED) is 0.594. The number of hydrogen-bond acceptors (Lipinski definition) is 3. The van der Waals surface area contributed by atoms with Crippen molar-refractivity contribution in [3.63, 3.8) is 0 Å². The number of carboxylic acids is 1. The number of amides is 1. The molecule has 0 atom stereocenters. The van der Waals surface area contributed by atoms with Crippen LogP contribution < -0.4 is 5.32 Å². The van der Waals surface area contributed by atoms with Crippen LogP contribution in [-0.2, 0) is 0 Å². The first-order valence-electron chi connectivity index (χ1n) is 5.86. The van der Waals surface area contributed by atoms with Crippen molar-refractivity contribution in [2.75, 3.05) is 18.1 Å². The first-order chi connectivity index (χ1) is 9.04. The van der Waals surface area contributed by atoms with Gasteiger partial charge < -0.3 is 10.4 Å². The van der Waals surface area contributed by atoms with E-state index in [2.05, 4.69) is 11.9 Å². The first-order valence-corrected chi connectivity index (χ1v) is 7.02. The Labute approximate surface area is 116 Å². The van der Waals surface area contributed by atoms with Crippen LogP contribution in [-0.4, -0.2) is 35.0 Å². The second-order valence-corrected chi connectivity index (χ2v) is 5.16. The molecule has 0 aromatic heterocycles. The van der Waals surface area contributed by atoms with Crippen LogP contribution >= 0.6 is 11.8 Å². The minimum Gasteiger partial charge on any atom is -0.478 e. The molecule has 0 aliphatic rings. The van der Waals surface area contributed by atoms with Gasteiger partial charge in [0.2, 0.25) is 0 Å². The van der Waals surface area contributed by atoms with E-state index in [9.17, 15) is 9.59 Å². The van der Waals surface area contributed by atoms with Gasteiger partial charge in [0.05, 0.1) is 5.56 Å². The molecule has 2 N–H and O–H groups in total. The molecule has 0 saturated carbocycles. The molecule has 4 nitrogen and oxygen atoms in total. The molecular weight excluding hydrogens is 262 g/mol. The highest BCUT2D eigenvalue weighted by molar-refractivity contribution is 7.99. The summed E-state index contributed by atoms with van der Waals surface area (Å²) in [4.78, 5) is 22.8. The fourth-order valence-corrected chi connectivity index (χ4v) is 2.12. The van der Waals surface area contributed by atoms with Crippen LogP contribution in [0.5, 0.6) is 0 Å². The van der Waals surface area contributed by atoms with Crippen LogP contribution in [0, 0.1) is 6.92 Å². The topological polar surface area (TPSA) is 66.4 Å². The number of benzene rings is 1. The van der Waals surface area contributed by atoms with E-state index in [1.54, 1.807) is 30.8 Å². The molecule has 102 valence electrons. The molecule has 0 unspecified atom stereocenters. The summed E-state index contributed by atoms with van der Waals surface area (Å²) in [5.41, 5.74) is 1.27. The van der Waals surface area contributed by atoms with Crippen LogP contribution in [0.25, 0.3) is 0 Å². The molecule has 0 aliphatic carbocycles. The Hall–Kier alpha value is -1.75. The van der Waals surface area contributed by atoms with Crippen LogP contribution in [0.2, 0.25) is 0 Å². The van der Waals surface area contributed by atoms with E-state index in [1.807, 2.05) is 6.08 Å². The number of nitrogens with one attached hydrogen (secondary N) is 1. The van der Waals surface area contributed by atoms with Gasteiger partial charge in [0.1, 0.15) is 0 Å². The zero-order valence-electron chi connectivity index (χ0n) is 10.8. The average Bonchev–Trinajstić information content (AvgIpc) is 2.37. The number of aryl methyl sites for hydroxylation is 1. The van der Waals surface area contributed by atoms with Crippen LogP contribution in [0.1, 0.15) is 26.3 Å². The van der Waals surface area contributed by atoms with E-state index in [-0.39, 0.29) is 11.5 Å². The average molecular weight is 279 g/mol. The largest absolute Gasteiger partial charge is 0.478 e. The number of carboxylic acid groups (broad SMARTS) is 1. The van der Waals surface area contributed by atoms with E-state index < -0.39 is 5.97 Å². The van der Waals surface area contributed by atoms with Crippen molar-refractivity contribution in [1.82, 2.24) is 5.32 Å². The van der Waals surface area contributed by atoms with Crippen molar-refractivity contribution in [3.8, 4) is 0 Å². The van der Waals surface area contributed by atoms with Crippen molar-refractivity contribution < 1.29 is 14.7 Å². The van der Waals surface area contributed by atoms with E-state index >= 15 is 0 Å². The lowest BCUT2D eigenvalue weighted by Crippen LogP contribution is -2.26. The lowest BCUT2D eigenvalue weighted by molar-refractivity contribution is 0.0696. The van der Waals surface area contributed by atoms with Gasteiger partial charge in [-0.25, -0.2) is 4.79 Å². The maximum atomic E-state index is 11.9. The number of hydrogen-bond donors (Lipinski definition) is 2. The fourth-order valence-electron chi connectivity index (χ4n) is 1.54. The molecule has 19 heavy (non-hydrogen) atoms. The van der Waals surface area contributed by atoms with Gasteiger partial charge in [-0.3, -0.25) is 4.79 Å². The molecule has 1 rings (SSSR count). The molecule has 0 bridgehead atoms. The van der Waals surface area contributed by atoms with Crippen LogP contribution in [0.4, 0.5) is 0 Å². The van der Waals surface area contributed by atoms with Gasteiger partial charge in [-0.1, -0.05) is 6.08 Å². The molecule has 1 aromatic carbocycles. The summed E-state index contributed by atoms with van der Waals surface area (Å²) < 4.78 is 0. The highest BCUT2D eigenvalue weighted by Crippen LogP contribution is 2.10. The minimum atomic E-state index is -1.03. The molecular formula is C14H17NO3S. The van der Waals surface area contributed by atoms with E-state index in [0.717, 1.165) is 17.1 Å². The van der Waals surface area contributed by atoms with Crippen molar-refractivity contribution in [3.05, 3.63) is 47.5 Å². The van der Waals surface area contributed by atoms with Crippen LogP contribution in [0.3, 0.4) is 0 Å². The third kappa shape index (κ3) is 5.18. The summed E-state index contributed by atoms with van der Waals surface area (Å²) >= 11 is 1.67. The van der Waals surface area contributed by atoms with Crippen molar-refractivity contribution in [1.29, 1.82) is 0 Å². The second kappa shape index (κ2) is 7.63. The summed E-state index contributed by atoms with van der Waals surface area (Å²) in [7, 11) is 0. The normalized spacial score (nSPS) is 9.95. The first kappa shape index (κ1) is 15.3. The van der Waals surface area contributed by atoms with Gasteiger partial charge in [-0.15, -0.1) is 6.58 Å². The molecule has 1 aromatic rings. The Bertz CT molecular complexity index is 486. The lowest BCUT2D eigenvalue weighted by Gasteiger charge is -2.06. The number of aromatic carboxylic acids is 1. The molecule has 1 amide bonds. The number of carbonyl (C=O) groups excluding carboxylic acids is 1. The third-order valence-electron chi connectivity index (χ3n) is 2.35. The fraction of sp³-hybridized carbons (Fsp3) is 0.286. The molecule has 0 heterocycles. The molecule has 0 fully saturated rings. The van der Waals surface area contributed by atoms with Gasteiger partial charge in [0, 0.05) is 23.6 Å². The van der Waals surface area contributed by atoms with Gasteiger partial charge in [-0.05, 0) is 30.7 Å². The Morgan fingerprint density at radius 3 is 2.68 bits per heavy atom. The van der Waals surface area contributed by atoms with Crippen molar-refractivity contribution in [2.45, 2.75) is 6.92 Å². The Kier molecular flexibility index (Phi) is 6.15. The smallest absolute Gasteiger partial charge is 0.335 e. The highest BCUT2D eigenvalue weighted by Gasteiger charge is 2.10. The highest BCUT2D eigenvalue weighted by atomic mass is 32.2. The molecule has 0 radical (unpaired) electrons. The van der Waals surface area contributed by atoms with Gasteiger partial charge in [0.25, 0.3) is 5.91 Å². The molecule has 0 spiro atoms. The van der Waals surface area contributed by atoms with Gasteiger partial charge in [-0.2, -0.15) is 11.8 Å². The predicted molar refractivity (Wildman–Crippen MR) is 78.0 cm³/mol. The summed E-state index contributed by atoms with van der Waals surface area (Å²) in [6.45, 7) is 5.93. The number of rotatable bonds is 7. The van der Waals surface area contributed by atoms with E-state index in [1.165, 1.54) is 6.07 Å². The molecule has 0 saturated heterocycles. The summed E-state index contributed by atoms with van der Waals surface area (Å²) in [5.74, 6) is 0.378. The summed E-state index contributed by atoms with van der Waals surface area (Å²) in [6.07, 6.45) is 1.81. The lowest BCUT2D eigenvalue weighted by atomic mass is 10.1. The SMILES string of the molecule is C=CCSCCNC(=O)c1cc(C)cc(C(=O)O)c1. The second-order valence-electron chi connectivity index (χ2n) is 4.01. The minimum absolute atomic E-state index is 0.131. The Morgan fingerprint density at radius 2 is 2.05 bits per heavy atom. The third-order valence-corrected chi connectivity index (χ3v) is 3.32. The zero-order valence-corrected chi connectivity index (χ0v) is 11.6. The standard InChI is InChI=1S/C14H17NO3S/c1-3-5-19-6-4-15-13(16)11-7-10(2)8-12(9-11)14(17)18/h3,7-9H,1,4-6H2,2H3,(H,15,16)(H,17,18). The van der Waals surface area contributed by atoms with Gasteiger partial charge >= 0.3 is 5.97 Å². The summed E-state index contributed by atoms with van der Waals surface area (Å²) in [6, 6.07) is 4.61.